The van der Waals surface area contributed by atoms with E-state index in [9.17, 15) is 34.8 Å². The average molecular weight is 571 g/mol. The van der Waals surface area contributed by atoms with Crippen LogP contribution in [0.4, 0.5) is 0 Å². The second-order valence-electron chi connectivity index (χ2n) is 11.4. The molecule has 8 heteroatoms. The van der Waals surface area contributed by atoms with Crippen LogP contribution in [-0.2, 0) is 19.1 Å². The minimum atomic E-state index is -1.10. The number of carbonyl (C=O) groups excluding carboxylic acids is 3. The van der Waals surface area contributed by atoms with E-state index in [0.29, 0.717) is 17.6 Å². The first-order valence-electron chi connectivity index (χ1n) is 14.3. The van der Waals surface area contributed by atoms with Gasteiger partial charge in [0.2, 0.25) is 5.78 Å². The van der Waals surface area contributed by atoms with Crippen molar-refractivity contribution in [1.29, 1.82) is 0 Å². The van der Waals surface area contributed by atoms with Crippen molar-refractivity contribution in [1.82, 2.24) is 0 Å². The Balaban J connectivity index is 2.42. The lowest BCUT2D eigenvalue weighted by molar-refractivity contribution is -0.157. The largest absolute Gasteiger partial charge is 0.504 e. The normalized spacial score (nSPS) is 34.9. The molecule has 0 saturated carbocycles. The maximum Gasteiger partial charge on any atom is 0.309 e. The van der Waals surface area contributed by atoms with E-state index < -0.39 is 53.9 Å². The van der Waals surface area contributed by atoms with Gasteiger partial charge in [-0.25, -0.2) is 0 Å². The minimum absolute atomic E-state index is 0.0449. The number of rotatable bonds is 5. The van der Waals surface area contributed by atoms with Gasteiger partial charge in [-0.3, -0.25) is 14.4 Å². The molecule has 0 saturated heterocycles. The lowest BCUT2D eigenvalue weighted by Crippen LogP contribution is -2.39. The molecule has 0 spiro atoms. The molecule has 0 aromatic heterocycles. The van der Waals surface area contributed by atoms with Crippen LogP contribution in [0, 0.1) is 23.7 Å². The molecule has 1 aliphatic heterocycles. The fraction of sp³-hybridized carbons (Fsp3) is 0.545. The summed E-state index contributed by atoms with van der Waals surface area (Å²) in [6.45, 7) is 10.5. The SMILES string of the molecule is C/C=C/C(=O)CC[C@@H](C)[C@H]1OC(=O)C/C=C(\C)[C@H](O)/C=C(\C)C=C[C@H]2C(C)=C(O)C(=O)[C@@H]2/C=C\[C@H](O)C[C@H](O)[C@@H]1C. The smallest absolute Gasteiger partial charge is 0.309 e. The molecule has 0 radical (unpaired) electrons. The van der Waals surface area contributed by atoms with E-state index in [0.717, 1.165) is 5.57 Å². The molecule has 0 unspecified atom stereocenters. The van der Waals surface area contributed by atoms with Gasteiger partial charge in [-0.05, 0) is 63.3 Å². The van der Waals surface area contributed by atoms with Gasteiger partial charge in [-0.2, -0.15) is 0 Å². The molecule has 1 heterocycles. The van der Waals surface area contributed by atoms with Crippen LogP contribution in [0.1, 0.15) is 67.2 Å². The van der Waals surface area contributed by atoms with Crippen molar-refractivity contribution in [2.75, 3.05) is 0 Å². The van der Waals surface area contributed by atoms with Crippen LogP contribution >= 0.6 is 0 Å². The predicted molar refractivity (Wildman–Crippen MR) is 158 cm³/mol. The van der Waals surface area contributed by atoms with Crippen LogP contribution in [0.15, 0.2) is 71.1 Å². The van der Waals surface area contributed by atoms with Crippen molar-refractivity contribution < 1.29 is 39.5 Å². The van der Waals surface area contributed by atoms with Crippen molar-refractivity contribution in [3.8, 4) is 0 Å². The zero-order chi connectivity index (χ0) is 30.9. The fourth-order valence-electron chi connectivity index (χ4n) is 5.22. The lowest BCUT2D eigenvalue weighted by atomic mass is 9.84. The van der Waals surface area contributed by atoms with Crippen LogP contribution in [0.5, 0.6) is 0 Å². The number of allylic oxidation sites excluding steroid dienone is 8. The Labute approximate surface area is 243 Å². The second-order valence-corrected chi connectivity index (χ2v) is 11.4. The summed E-state index contributed by atoms with van der Waals surface area (Å²) in [5.74, 6) is -3.32. The van der Waals surface area contributed by atoms with Crippen molar-refractivity contribution >= 4 is 17.5 Å². The highest BCUT2D eigenvalue weighted by Gasteiger charge is 2.37. The maximum atomic E-state index is 12.9. The monoisotopic (exact) mass is 570 g/mol. The summed E-state index contributed by atoms with van der Waals surface area (Å²) in [7, 11) is 0. The third-order valence-electron chi connectivity index (χ3n) is 8.02. The number of Topliss-reactive ketones (excluding diaryl/α,β-unsaturated/α-hetero) is 1. The maximum absolute atomic E-state index is 12.9. The molecule has 8 nitrogen and oxygen atoms in total. The van der Waals surface area contributed by atoms with E-state index >= 15 is 0 Å². The molecule has 41 heavy (non-hydrogen) atoms. The van der Waals surface area contributed by atoms with Crippen LogP contribution < -0.4 is 0 Å². The third kappa shape index (κ3) is 9.76. The second kappa shape index (κ2) is 15.8. The van der Waals surface area contributed by atoms with E-state index in [-0.39, 0.29) is 36.7 Å². The van der Waals surface area contributed by atoms with Gasteiger partial charge in [0.05, 0.1) is 30.7 Å². The third-order valence-corrected chi connectivity index (χ3v) is 8.02. The van der Waals surface area contributed by atoms with E-state index in [4.69, 9.17) is 4.74 Å². The van der Waals surface area contributed by atoms with Crippen LogP contribution in [-0.4, -0.2) is 62.4 Å². The van der Waals surface area contributed by atoms with Gasteiger partial charge in [0.1, 0.15) is 6.10 Å². The Bertz CT molecular complexity index is 1140. The number of aliphatic hydroxyl groups excluding tert-OH is 4. The number of ketones is 2. The van der Waals surface area contributed by atoms with Crippen LogP contribution in [0.3, 0.4) is 0 Å². The quantitative estimate of drug-likeness (QED) is 0.213. The minimum Gasteiger partial charge on any atom is -0.504 e. The number of hydrogen-bond acceptors (Lipinski definition) is 8. The van der Waals surface area contributed by atoms with Crippen LogP contribution in [0.25, 0.3) is 0 Å². The summed E-state index contributed by atoms with van der Waals surface area (Å²) >= 11 is 0. The highest BCUT2D eigenvalue weighted by atomic mass is 16.5. The van der Waals surface area contributed by atoms with Gasteiger partial charge in [0, 0.05) is 24.7 Å². The Hall–Kier alpha value is -3.07. The van der Waals surface area contributed by atoms with Crippen LogP contribution in [0.2, 0.25) is 0 Å². The van der Waals surface area contributed by atoms with Gasteiger partial charge >= 0.3 is 5.97 Å². The number of fused-ring (bicyclic) bond motifs is 1. The molecule has 2 aliphatic rings. The van der Waals surface area contributed by atoms with Gasteiger partial charge < -0.3 is 25.2 Å². The number of esters is 1. The van der Waals surface area contributed by atoms with Crippen molar-refractivity contribution in [3.63, 3.8) is 0 Å². The van der Waals surface area contributed by atoms with Crippen molar-refractivity contribution in [3.05, 3.63) is 71.1 Å². The summed E-state index contributed by atoms with van der Waals surface area (Å²) in [5, 5.41) is 42.7. The Morgan fingerprint density at radius 1 is 1.10 bits per heavy atom. The van der Waals surface area contributed by atoms with E-state index in [1.807, 2.05) is 6.92 Å². The molecule has 1 aliphatic carbocycles. The molecule has 2 rings (SSSR count). The molecule has 0 amide bonds. The molecule has 0 aromatic rings. The molecule has 4 N–H and O–H groups in total. The summed E-state index contributed by atoms with van der Waals surface area (Å²) < 4.78 is 5.83. The molecule has 0 fully saturated rings. The zero-order valence-corrected chi connectivity index (χ0v) is 25.0. The molecular weight excluding hydrogens is 524 g/mol. The number of cyclic esters (lactones) is 1. The highest BCUT2D eigenvalue weighted by Crippen LogP contribution is 2.36. The highest BCUT2D eigenvalue weighted by molar-refractivity contribution is 6.00. The summed E-state index contributed by atoms with van der Waals surface area (Å²) in [6, 6.07) is 0. The van der Waals surface area contributed by atoms with E-state index in [2.05, 4.69) is 0 Å². The molecule has 226 valence electrons. The van der Waals surface area contributed by atoms with Gasteiger partial charge in [-0.15, -0.1) is 0 Å². The standard InChI is InChI=1S/C33H46O8/c1-7-8-24(34)12-10-21(4)33-23(6)29(37)18-25(35)13-15-27-26(22(5)31(39)32(27)40)14-9-19(2)17-28(36)20(3)11-16-30(38)41-33/h7-9,11,13-15,17,21,23,25-29,33,35-37,39H,10,12,16,18H2,1-6H3/b8-7+,14-9?,15-13-,19-17+,20-11+/t21-,23+,25+,26+,27-,28-,29+,33-/m1/s1. The summed E-state index contributed by atoms with van der Waals surface area (Å²) in [5.41, 5.74) is 1.79. The summed E-state index contributed by atoms with van der Waals surface area (Å²) in [4.78, 5) is 37.7. The molecule has 8 atom stereocenters. The zero-order valence-electron chi connectivity index (χ0n) is 25.0. The van der Waals surface area contributed by atoms with E-state index in [1.165, 1.54) is 12.2 Å². The number of ether oxygens (including phenoxy) is 1. The number of aliphatic hydroxyl groups is 4. The Morgan fingerprint density at radius 3 is 2.44 bits per heavy atom. The first-order chi connectivity index (χ1) is 19.3. The predicted octanol–water partition coefficient (Wildman–Crippen LogP) is 4.62. The number of hydrogen-bond donors (Lipinski definition) is 4. The molecule has 0 bridgehead atoms. The molecular formula is C33H46O8. The van der Waals surface area contributed by atoms with E-state index in [1.54, 1.807) is 71.1 Å². The first kappa shape index (κ1) is 34.1. The first-order valence-corrected chi connectivity index (χ1v) is 14.3. The Morgan fingerprint density at radius 2 is 1.78 bits per heavy atom. The topological polar surface area (TPSA) is 141 Å². The lowest BCUT2D eigenvalue weighted by Gasteiger charge is -2.32. The summed E-state index contributed by atoms with van der Waals surface area (Å²) in [6.07, 6.45) is 9.61. The van der Waals surface area contributed by atoms with Gasteiger partial charge in [0.15, 0.2) is 11.5 Å². The fourth-order valence-corrected chi connectivity index (χ4v) is 5.22. The van der Waals surface area contributed by atoms with Gasteiger partial charge in [-0.1, -0.05) is 55.9 Å². The number of carbonyl (C=O) groups is 3. The van der Waals surface area contributed by atoms with Crippen molar-refractivity contribution in [2.45, 2.75) is 91.6 Å². The van der Waals surface area contributed by atoms with Crippen molar-refractivity contribution in [2.24, 2.45) is 23.7 Å². The molecule has 0 aromatic carbocycles. The Kier molecular flexibility index (Phi) is 13.2. The average Bonchev–Trinajstić information content (AvgIpc) is 3.12. The van der Waals surface area contributed by atoms with Gasteiger partial charge in [0.25, 0.3) is 0 Å².